The third kappa shape index (κ3) is 4.64. The lowest BCUT2D eigenvalue weighted by Crippen LogP contribution is -2.66. The Balaban J connectivity index is 2.11. The van der Waals surface area contributed by atoms with Crippen molar-refractivity contribution in [1.29, 1.82) is 0 Å². The highest BCUT2D eigenvalue weighted by Gasteiger charge is 2.60. The molecule has 1 fully saturated rings. The summed E-state index contributed by atoms with van der Waals surface area (Å²) in [5.41, 5.74) is 1.01. The van der Waals surface area contributed by atoms with Crippen LogP contribution in [0.5, 0.6) is 5.75 Å². The van der Waals surface area contributed by atoms with E-state index in [0.717, 1.165) is 24.4 Å². The maximum atomic E-state index is 12.4. The molecule has 1 aromatic carbocycles. The van der Waals surface area contributed by atoms with Gasteiger partial charge in [-0.2, -0.15) is 0 Å². The number of methoxy groups -OCH3 is 3. The summed E-state index contributed by atoms with van der Waals surface area (Å²) in [6.45, 7) is 6.41. The van der Waals surface area contributed by atoms with E-state index < -0.39 is 17.8 Å². The molecule has 0 amide bonds. The van der Waals surface area contributed by atoms with E-state index in [1.54, 1.807) is 7.11 Å². The summed E-state index contributed by atoms with van der Waals surface area (Å²) in [5.74, 6) is -1.20. The SMILES string of the molecule is CCN(CC)[C@@H]1[C@H](COCc2ccc(OC)cc2)[C@H](C(=O)OC)[C@H]1C(=O)OC. The van der Waals surface area contributed by atoms with E-state index >= 15 is 0 Å². The van der Waals surface area contributed by atoms with E-state index in [1.165, 1.54) is 14.2 Å². The van der Waals surface area contributed by atoms with Crippen LogP contribution in [-0.4, -0.2) is 63.9 Å². The number of hydrogen-bond donors (Lipinski definition) is 0. The Kier molecular flexibility index (Phi) is 8.26. The van der Waals surface area contributed by atoms with Crippen molar-refractivity contribution in [3.63, 3.8) is 0 Å². The van der Waals surface area contributed by atoms with Crippen LogP contribution < -0.4 is 4.74 Å². The summed E-state index contributed by atoms with van der Waals surface area (Å²) in [6, 6.07) is 7.53. The number of carbonyl (C=O) groups excluding carboxylic acids is 2. The van der Waals surface area contributed by atoms with Crippen LogP contribution in [0.4, 0.5) is 0 Å². The average Bonchev–Trinajstić information content (AvgIpc) is 2.73. The maximum Gasteiger partial charge on any atom is 0.311 e. The highest BCUT2D eigenvalue weighted by Crippen LogP contribution is 2.45. The second-order valence-corrected chi connectivity index (χ2v) is 6.84. The predicted molar refractivity (Wildman–Crippen MR) is 104 cm³/mol. The number of hydrogen-bond acceptors (Lipinski definition) is 7. The van der Waals surface area contributed by atoms with E-state index in [-0.39, 0.29) is 17.9 Å². The minimum atomic E-state index is -0.557. The zero-order valence-electron chi connectivity index (χ0n) is 17.3. The van der Waals surface area contributed by atoms with E-state index in [4.69, 9.17) is 18.9 Å². The summed E-state index contributed by atoms with van der Waals surface area (Å²) in [6.07, 6.45) is 0. The van der Waals surface area contributed by atoms with Crippen LogP contribution in [0, 0.1) is 17.8 Å². The molecular formula is C21H31NO6. The molecule has 0 N–H and O–H groups in total. The Morgan fingerprint density at radius 3 is 2.00 bits per heavy atom. The molecule has 2 rings (SSSR count). The first-order chi connectivity index (χ1) is 13.5. The lowest BCUT2D eigenvalue weighted by atomic mass is 9.60. The third-order valence-corrected chi connectivity index (χ3v) is 5.57. The van der Waals surface area contributed by atoms with Crippen LogP contribution in [0.15, 0.2) is 24.3 Å². The molecule has 0 unspecified atom stereocenters. The molecule has 0 bridgehead atoms. The minimum Gasteiger partial charge on any atom is -0.497 e. The van der Waals surface area contributed by atoms with Crippen LogP contribution in [0.25, 0.3) is 0 Å². The molecular weight excluding hydrogens is 362 g/mol. The first-order valence-corrected chi connectivity index (χ1v) is 9.62. The number of benzene rings is 1. The molecule has 156 valence electrons. The Morgan fingerprint density at radius 1 is 0.929 bits per heavy atom. The second kappa shape index (κ2) is 10.4. The minimum absolute atomic E-state index is 0.109. The standard InChI is InChI=1S/C21H31NO6/c1-6-22(7-2)19-16(17(20(23)26-4)18(19)21(24)27-5)13-28-12-14-8-10-15(25-3)11-9-14/h8-11,16-19H,6-7,12-13H2,1-5H3/t16-,17+,18-,19-/m1/s1. The second-order valence-electron chi connectivity index (χ2n) is 6.84. The number of esters is 2. The first-order valence-electron chi connectivity index (χ1n) is 9.62. The maximum absolute atomic E-state index is 12.4. The molecule has 0 radical (unpaired) electrons. The number of carbonyl (C=O) groups is 2. The van der Waals surface area contributed by atoms with Crippen molar-refractivity contribution in [3.05, 3.63) is 29.8 Å². The lowest BCUT2D eigenvalue weighted by Gasteiger charge is -2.52. The van der Waals surface area contributed by atoms with Crippen LogP contribution in [0.2, 0.25) is 0 Å². The molecule has 0 heterocycles. The highest BCUT2D eigenvalue weighted by molar-refractivity contribution is 5.85. The molecule has 1 saturated carbocycles. The zero-order chi connectivity index (χ0) is 20.7. The summed E-state index contributed by atoms with van der Waals surface area (Å²) < 4.78 is 21.0. The zero-order valence-corrected chi connectivity index (χ0v) is 17.3. The van der Waals surface area contributed by atoms with Gasteiger partial charge in [0.1, 0.15) is 5.75 Å². The van der Waals surface area contributed by atoms with Crippen molar-refractivity contribution < 1.29 is 28.5 Å². The van der Waals surface area contributed by atoms with Crippen molar-refractivity contribution >= 4 is 11.9 Å². The third-order valence-electron chi connectivity index (χ3n) is 5.57. The van der Waals surface area contributed by atoms with E-state index in [9.17, 15) is 9.59 Å². The van der Waals surface area contributed by atoms with Crippen LogP contribution in [0.1, 0.15) is 19.4 Å². The van der Waals surface area contributed by atoms with E-state index in [0.29, 0.717) is 13.2 Å². The fourth-order valence-corrected chi connectivity index (χ4v) is 4.07. The van der Waals surface area contributed by atoms with Crippen molar-refractivity contribution in [2.24, 2.45) is 17.8 Å². The highest BCUT2D eigenvalue weighted by atomic mass is 16.5. The Bertz CT molecular complexity index is 643. The molecule has 1 aliphatic carbocycles. The number of rotatable bonds is 10. The van der Waals surface area contributed by atoms with Gasteiger partial charge in [0, 0.05) is 12.0 Å². The fourth-order valence-electron chi connectivity index (χ4n) is 4.07. The molecule has 0 saturated heterocycles. The topological polar surface area (TPSA) is 74.3 Å². The van der Waals surface area contributed by atoms with Crippen molar-refractivity contribution in [2.75, 3.05) is 41.0 Å². The van der Waals surface area contributed by atoms with Gasteiger partial charge in [0.05, 0.1) is 46.4 Å². The van der Waals surface area contributed by atoms with E-state index in [2.05, 4.69) is 4.90 Å². The predicted octanol–water partition coefficient (Wildman–Crippen LogP) is 2.13. The molecule has 7 heteroatoms. The summed E-state index contributed by atoms with van der Waals surface area (Å²) in [4.78, 5) is 26.9. The van der Waals surface area contributed by atoms with Gasteiger partial charge in [-0.15, -0.1) is 0 Å². The monoisotopic (exact) mass is 393 g/mol. The smallest absolute Gasteiger partial charge is 0.311 e. The summed E-state index contributed by atoms with van der Waals surface area (Å²) >= 11 is 0. The lowest BCUT2D eigenvalue weighted by molar-refractivity contribution is -0.186. The van der Waals surface area contributed by atoms with Gasteiger partial charge in [-0.1, -0.05) is 26.0 Å². The van der Waals surface area contributed by atoms with Gasteiger partial charge >= 0.3 is 11.9 Å². The molecule has 7 nitrogen and oxygen atoms in total. The van der Waals surface area contributed by atoms with Gasteiger partial charge in [0.15, 0.2) is 0 Å². The largest absolute Gasteiger partial charge is 0.497 e. The summed E-state index contributed by atoms with van der Waals surface area (Å²) in [5, 5.41) is 0. The van der Waals surface area contributed by atoms with Gasteiger partial charge in [-0.05, 0) is 30.8 Å². The molecule has 1 aromatic rings. The normalized spacial score (nSPS) is 23.8. The van der Waals surface area contributed by atoms with Gasteiger partial charge in [0.25, 0.3) is 0 Å². The Hall–Kier alpha value is -2.12. The number of nitrogens with zero attached hydrogens (tertiary/aromatic N) is 1. The molecule has 0 spiro atoms. The Morgan fingerprint density at radius 2 is 1.50 bits per heavy atom. The van der Waals surface area contributed by atoms with Crippen LogP contribution >= 0.6 is 0 Å². The molecule has 1 aliphatic rings. The van der Waals surface area contributed by atoms with Crippen molar-refractivity contribution in [1.82, 2.24) is 4.90 Å². The molecule has 28 heavy (non-hydrogen) atoms. The van der Waals surface area contributed by atoms with Gasteiger partial charge in [-0.25, -0.2) is 0 Å². The van der Waals surface area contributed by atoms with Crippen LogP contribution in [0.3, 0.4) is 0 Å². The van der Waals surface area contributed by atoms with Crippen molar-refractivity contribution in [3.8, 4) is 5.75 Å². The van der Waals surface area contributed by atoms with Gasteiger partial charge < -0.3 is 18.9 Å². The molecule has 4 atom stereocenters. The van der Waals surface area contributed by atoms with E-state index in [1.807, 2.05) is 38.1 Å². The average molecular weight is 393 g/mol. The van der Waals surface area contributed by atoms with Gasteiger partial charge in [0.2, 0.25) is 0 Å². The van der Waals surface area contributed by atoms with Crippen molar-refractivity contribution in [2.45, 2.75) is 26.5 Å². The quantitative estimate of drug-likeness (QED) is 0.564. The van der Waals surface area contributed by atoms with Gasteiger partial charge in [-0.3, -0.25) is 14.5 Å². The van der Waals surface area contributed by atoms with Crippen LogP contribution in [-0.2, 0) is 30.4 Å². The Labute approximate surface area is 166 Å². The number of ether oxygens (including phenoxy) is 4. The summed E-state index contributed by atoms with van der Waals surface area (Å²) in [7, 11) is 4.32. The first kappa shape index (κ1) is 22.2. The fraction of sp³-hybridized carbons (Fsp3) is 0.619. The molecule has 0 aromatic heterocycles. The molecule has 0 aliphatic heterocycles.